The predicted octanol–water partition coefficient (Wildman–Crippen LogP) is 4.12. The Labute approximate surface area is 199 Å². The second-order valence-electron chi connectivity index (χ2n) is 7.50. The van der Waals surface area contributed by atoms with Crippen LogP contribution in [0.25, 0.3) is 0 Å². The Bertz CT molecular complexity index is 888. The van der Waals surface area contributed by atoms with Gasteiger partial charge in [0.15, 0.2) is 0 Å². The fourth-order valence-corrected chi connectivity index (χ4v) is 3.97. The quantitative estimate of drug-likeness (QED) is 0.602. The van der Waals surface area contributed by atoms with E-state index < -0.39 is 0 Å². The first-order valence-electron chi connectivity index (χ1n) is 10.2. The number of nitrogens with one attached hydrogen (secondary N) is 1. The minimum Gasteiger partial charge on any atom is -0.495 e. The van der Waals surface area contributed by atoms with E-state index in [2.05, 4.69) is 49.0 Å². The summed E-state index contributed by atoms with van der Waals surface area (Å²) in [6.07, 6.45) is 4.50. The maximum Gasteiger partial charge on any atom is 0.257 e. The number of rotatable bonds is 7. The topological polar surface area (TPSA) is 60.9 Å². The fourth-order valence-electron chi connectivity index (χ4n) is 3.63. The van der Waals surface area contributed by atoms with Crippen LogP contribution in [0, 0.1) is 0 Å². The number of nitrogens with zero attached hydrogens (tertiary/aromatic N) is 4. The van der Waals surface area contributed by atoms with E-state index in [9.17, 15) is 4.79 Å². The average Bonchev–Trinajstić information content (AvgIpc) is 2.77. The summed E-state index contributed by atoms with van der Waals surface area (Å²) in [5.41, 5.74) is 3.57. The van der Waals surface area contributed by atoms with Gasteiger partial charge in [0.1, 0.15) is 5.75 Å². The lowest BCUT2D eigenvalue weighted by atomic mass is 10.1. The number of benzene rings is 1. The van der Waals surface area contributed by atoms with Crippen molar-refractivity contribution in [2.45, 2.75) is 13.3 Å². The van der Waals surface area contributed by atoms with Gasteiger partial charge in [-0.05, 0) is 24.6 Å². The van der Waals surface area contributed by atoms with E-state index in [1.807, 2.05) is 18.3 Å². The largest absolute Gasteiger partial charge is 0.495 e. The molecule has 9 heteroatoms. The highest BCUT2D eigenvalue weighted by Gasteiger charge is 2.25. The van der Waals surface area contributed by atoms with E-state index in [-0.39, 0.29) is 18.3 Å². The van der Waals surface area contributed by atoms with Gasteiger partial charge < -0.3 is 24.8 Å². The van der Waals surface area contributed by atoms with Crippen molar-refractivity contribution in [2.24, 2.45) is 0 Å². The molecule has 31 heavy (non-hydrogen) atoms. The van der Waals surface area contributed by atoms with Crippen LogP contribution in [0.2, 0.25) is 0 Å². The zero-order valence-corrected chi connectivity index (χ0v) is 20.9. The van der Waals surface area contributed by atoms with Crippen LogP contribution in [0.3, 0.4) is 0 Å². The molecule has 1 aliphatic heterocycles. The van der Waals surface area contributed by atoms with E-state index >= 15 is 0 Å². The second-order valence-corrected chi connectivity index (χ2v) is 8.41. The summed E-state index contributed by atoms with van der Waals surface area (Å²) in [7, 11) is 5.23. The number of pyridine rings is 1. The molecule has 0 unspecified atom stereocenters. The molecule has 2 heterocycles. The number of piperazine rings is 1. The standard InChI is InChI=1S/C22H30BrN5O2.ClH/c1-5-8-25-21-17(22(29)26(2)3)14-24-15-19(21)28-11-9-27(10-12-28)18-7-6-16(23)13-20(18)30-4;/h6-7,13-15H,5,8-12H2,1-4H3,(H,24,25);1H. The number of carbonyl (C=O) groups is 1. The van der Waals surface area contributed by atoms with Crippen LogP contribution in [0.5, 0.6) is 5.75 Å². The Hall–Kier alpha value is -2.19. The molecule has 0 radical (unpaired) electrons. The SMILES string of the molecule is CCCNc1c(C(=O)N(C)C)cncc1N1CCN(c2ccc(Br)cc2OC)CC1.Cl. The van der Waals surface area contributed by atoms with Crippen molar-refractivity contribution >= 4 is 51.3 Å². The molecule has 0 spiro atoms. The summed E-state index contributed by atoms with van der Waals surface area (Å²) >= 11 is 3.51. The van der Waals surface area contributed by atoms with Crippen molar-refractivity contribution in [2.75, 3.05) is 69.0 Å². The predicted molar refractivity (Wildman–Crippen MR) is 133 cm³/mol. The van der Waals surface area contributed by atoms with E-state index in [0.29, 0.717) is 5.56 Å². The maximum absolute atomic E-state index is 12.7. The lowest BCUT2D eigenvalue weighted by Gasteiger charge is -2.38. The van der Waals surface area contributed by atoms with Gasteiger partial charge in [-0.1, -0.05) is 22.9 Å². The molecule has 1 amide bonds. The Morgan fingerprint density at radius 2 is 1.81 bits per heavy atom. The number of halogens is 2. The molecule has 1 fully saturated rings. The molecule has 2 aromatic rings. The van der Waals surface area contributed by atoms with Crippen molar-refractivity contribution in [3.63, 3.8) is 0 Å². The molecule has 0 bridgehead atoms. The van der Waals surface area contributed by atoms with Crippen LogP contribution >= 0.6 is 28.3 Å². The Kier molecular flexibility index (Phi) is 9.25. The Morgan fingerprint density at radius 3 is 2.39 bits per heavy atom. The first-order chi connectivity index (χ1) is 14.5. The van der Waals surface area contributed by atoms with Crippen molar-refractivity contribution < 1.29 is 9.53 Å². The van der Waals surface area contributed by atoms with Gasteiger partial charge in [0.25, 0.3) is 5.91 Å². The molecule has 3 rings (SSSR count). The molecule has 0 saturated carbocycles. The highest BCUT2D eigenvalue weighted by Crippen LogP contribution is 2.34. The molecule has 1 N–H and O–H groups in total. The van der Waals surface area contributed by atoms with E-state index in [4.69, 9.17) is 4.74 Å². The number of aromatic nitrogens is 1. The number of hydrogen-bond acceptors (Lipinski definition) is 6. The number of methoxy groups -OCH3 is 1. The third kappa shape index (κ3) is 5.74. The van der Waals surface area contributed by atoms with Gasteiger partial charge in [-0.2, -0.15) is 0 Å². The van der Waals surface area contributed by atoms with E-state index in [1.165, 1.54) is 0 Å². The average molecular weight is 513 g/mol. The molecule has 1 aromatic carbocycles. The van der Waals surface area contributed by atoms with Crippen LogP contribution in [-0.4, -0.2) is 69.7 Å². The monoisotopic (exact) mass is 511 g/mol. The molecule has 1 aliphatic rings. The minimum atomic E-state index is -0.0406. The molecular formula is C22H31BrClN5O2. The van der Waals surface area contributed by atoms with Crippen LogP contribution in [0.4, 0.5) is 17.1 Å². The van der Waals surface area contributed by atoms with Crippen molar-refractivity contribution in [3.05, 3.63) is 40.6 Å². The first kappa shape index (κ1) is 25.1. The van der Waals surface area contributed by atoms with Crippen LogP contribution < -0.4 is 19.9 Å². The van der Waals surface area contributed by atoms with Crippen LogP contribution in [0.15, 0.2) is 35.1 Å². The van der Waals surface area contributed by atoms with Gasteiger partial charge in [0.05, 0.1) is 35.9 Å². The number of carbonyl (C=O) groups excluding carboxylic acids is 1. The number of hydrogen-bond donors (Lipinski definition) is 1. The normalized spacial score (nSPS) is 13.5. The molecule has 1 aromatic heterocycles. The van der Waals surface area contributed by atoms with Crippen molar-refractivity contribution in [3.8, 4) is 5.75 Å². The van der Waals surface area contributed by atoms with Gasteiger partial charge in [0, 0.05) is 57.5 Å². The first-order valence-corrected chi connectivity index (χ1v) is 11.0. The number of anilines is 3. The number of ether oxygens (including phenoxy) is 1. The summed E-state index contributed by atoms with van der Waals surface area (Å²) in [4.78, 5) is 23.3. The third-order valence-electron chi connectivity index (χ3n) is 5.22. The van der Waals surface area contributed by atoms with Crippen molar-refractivity contribution in [1.29, 1.82) is 0 Å². The molecular weight excluding hydrogens is 482 g/mol. The summed E-state index contributed by atoms with van der Waals surface area (Å²) in [6, 6.07) is 6.12. The molecule has 7 nitrogen and oxygen atoms in total. The zero-order chi connectivity index (χ0) is 21.7. The lowest BCUT2D eigenvalue weighted by Crippen LogP contribution is -2.47. The number of amides is 1. The summed E-state index contributed by atoms with van der Waals surface area (Å²) in [5, 5.41) is 3.46. The van der Waals surface area contributed by atoms with Crippen molar-refractivity contribution in [1.82, 2.24) is 9.88 Å². The van der Waals surface area contributed by atoms with Crippen LogP contribution in [-0.2, 0) is 0 Å². The van der Waals surface area contributed by atoms with Gasteiger partial charge in [-0.15, -0.1) is 12.4 Å². The van der Waals surface area contributed by atoms with E-state index in [0.717, 1.165) is 66.4 Å². The Morgan fingerprint density at radius 1 is 1.16 bits per heavy atom. The molecule has 170 valence electrons. The Balaban J connectivity index is 0.00000341. The fraction of sp³-hybridized carbons (Fsp3) is 0.455. The van der Waals surface area contributed by atoms with Gasteiger partial charge in [-0.3, -0.25) is 9.78 Å². The zero-order valence-electron chi connectivity index (χ0n) is 18.5. The van der Waals surface area contributed by atoms with Gasteiger partial charge >= 0.3 is 0 Å². The third-order valence-corrected chi connectivity index (χ3v) is 5.71. The molecule has 0 aliphatic carbocycles. The maximum atomic E-state index is 12.7. The second kappa shape index (κ2) is 11.4. The molecule has 0 atom stereocenters. The summed E-state index contributed by atoms with van der Waals surface area (Å²) < 4.78 is 6.57. The lowest BCUT2D eigenvalue weighted by molar-refractivity contribution is 0.0828. The highest BCUT2D eigenvalue weighted by atomic mass is 79.9. The van der Waals surface area contributed by atoms with Gasteiger partial charge in [0.2, 0.25) is 0 Å². The summed E-state index contributed by atoms with van der Waals surface area (Å²) in [6.45, 7) is 6.31. The highest BCUT2D eigenvalue weighted by molar-refractivity contribution is 9.10. The molecule has 1 saturated heterocycles. The smallest absolute Gasteiger partial charge is 0.257 e. The van der Waals surface area contributed by atoms with Crippen LogP contribution in [0.1, 0.15) is 23.7 Å². The van der Waals surface area contributed by atoms with E-state index in [1.54, 1.807) is 32.3 Å². The summed E-state index contributed by atoms with van der Waals surface area (Å²) in [5.74, 6) is 0.824. The minimum absolute atomic E-state index is 0. The van der Waals surface area contributed by atoms with Gasteiger partial charge in [-0.25, -0.2) is 0 Å².